The Hall–Kier alpha value is -3.21. The molecule has 2 aromatic heterocycles. The Kier molecular flexibility index (Phi) is 5.59. The summed E-state index contributed by atoms with van der Waals surface area (Å²) in [6.07, 6.45) is 6.22. The molecule has 2 heterocycles. The van der Waals surface area contributed by atoms with Gasteiger partial charge in [-0.15, -0.1) is 0 Å². The molecular formula is C21H22N4O. The molecule has 0 spiro atoms. The number of likely N-dealkylation sites (N-methyl/N-ethyl adjacent to an activating group) is 1. The van der Waals surface area contributed by atoms with E-state index < -0.39 is 0 Å². The van der Waals surface area contributed by atoms with Crippen molar-refractivity contribution in [3.63, 3.8) is 0 Å². The Labute approximate surface area is 153 Å². The van der Waals surface area contributed by atoms with Gasteiger partial charge in [-0.3, -0.25) is 9.78 Å². The van der Waals surface area contributed by atoms with Crippen molar-refractivity contribution in [3.8, 4) is 0 Å². The van der Waals surface area contributed by atoms with E-state index in [2.05, 4.69) is 20.2 Å². The van der Waals surface area contributed by atoms with Gasteiger partial charge in [-0.25, -0.2) is 4.98 Å². The Morgan fingerprint density at radius 1 is 1.08 bits per heavy atom. The standard InChI is InChI=1S/C21H22N4O/c1-16-5-3-4-6-19(16)21(26)24-18-7-8-20(23-15-18)25(2)14-11-17-9-12-22-13-10-17/h3-10,12-13,15H,11,14H2,1-2H3,(H,24,26). The maximum atomic E-state index is 12.4. The van der Waals surface area contributed by atoms with Gasteiger partial charge in [0.2, 0.25) is 0 Å². The molecule has 1 N–H and O–H groups in total. The van der Waals surface area contributed by atoms with Gasteiger partial charge in [-0.1, -0.05) is 18.2 Å². The number of carbonyl (C=O) groups is 1. The fraction of sp³-hybridized carbons (Fsp3) is 0.190. The molecule has 0 unspecified atom stereocenters. The van der Waals surface area contributed by atoms with E-state index in [-0.39, 0.29) is 5.91 Å². The van der Waals surface area contributed by atoms with Crippen molar-refractivity contribution >= 4 is 17.4 Å². The highest BCUT2D eigenvalue weighted by Gasteiger charge is 2.09. The third-order valence-corrected chi connectivity index (χ3v) is 4.27. The van der Waals surface area contributed by atoms with Crippen molar-refractivity contribution in [1.29, 1.82) is 0 Å². The highest BCUT2D eigenvalue weighted by molar-refractivity contribution is 6.05. The van der Waals surface area contributed by atoms with Gasteiger partial charge in [0.1, 0.15) is 5.82 Å². The molecule has 3 aromatic rings. The Morgan fingerprint density at radius 3 is 2.54 bits per heavy atom. The molecule has 0 aliphatic heterocycles. The number of nitrogens with zero attached hydrogens (tertiary/aromatic N) is 3. The number of anilines is 2. The van der Waals surface area contributed by atoms with Crippen LogP contribution in [0, 0.1) is 6.92 Å². The topological polar surface area (TPSA) is 58.1 Å². The van der Waals surface area contributed by atoms with Gasteiger partial charge in [-0.05, 0) is 54.8 Å². The number of aryl methyl sites for hydroxylation is 1. The lowest BCUT2D eigenvalue weighted by Crippen LogP contribution is -2.21. The van der Waals surface area contributed by atoms with Gasteiger partial charge >= 0.3 is 0 Å². The molecule has 5 nitrogen and oxygen atoms in total. The minimum absolute atomic E-state index is 0.122. The number of nitrogens with one attached hydrogen (secondary N) is 1. The van der Waals surface area contributed by atoms with E-state index in [9.17, 15) is 4.79 Å². The van der Waals surface area contributed by atoms with Gasteiger partial charge in [0.25, 0.3) is 5.91 Å². The van der Waals surface area contributed by atoms with E-state index in [1.165, 1.54) is 5.56 Å². The number of carbonyl (C=O) groups excluding carboxylic acids is 1. The number of amides is 1. The Bertz CT molecular complexity index is 863. The summed E-state index contributed by atoms with van der Waals surface area (Å²) in [7, 11) is 2.01. The summed E-state index contributed by atoms with van der Waals surface area (Å²) < 4.78 is 0. The molecule has 132 valence electrons. The zero-order valence-electron chi connectivity index (χ0n) is 15.0. The summed E-state index contributed by atoms with van der Waals surface area (Å²) >= 11 is 0. The van der Waals surface area contributed by atoms with E-state index in [0.717, 1.165) is 24.3 Å². The van der Waals surface area contributed by atoms with Crippen LogP contribution in [-0.4, -0.2) is 29.5 Å². The number of rotatable bonds is 6. The molecule has 5 heteroatoms. The van der Waals surface area contributed by atoms with Gasteiger partial charge in [0.15, 0.2) is 0 Å². The third-order valence-electron chi connectivity index (χ3n) is 4.27. The normalized spacial score (nSPS) is 10.4. The van der Waals surface area contributed by atoms with Crippen LogP contribution in [0.5, 0.6) is 0 Å². The monoisotopic (exact) mass is 346 g/mol. The van der Waals surface area contributed by atoms with E-state index in [1.54, 1.807) is 18.6 Å². The molecule has 3 rings (SSSR count). The average Bonchev–Trinajstić information content (AvgIpc) is 2.68. The number of pyridine rings is 2. The number of hydrogen-bond donors (Lipinski definition) is 1. The lowest BCUT2D eigenvalue weighted by molar-refractivity contribution is 0.102. The molecule has 0 saturated heterocycles. The highest BCUT2D eigenvalue weighted by Crippen LogP contribution is 2.15. The maximum absolute atomic E-state index is 12.4. The Balaban J connectivity index is 1.59. The predicted octanol–water partition coefficient (Wildman–Crippen LogP) is 3.72. The minimum Gasteiger partial charge on any atom is -0.359 e. The number of benzene rings is 1. The van der Waals surface area contributed by atoms with Crippen LogP contribution in [0.3, 0.4) is 0 Å². The van der Waals surface area contributed by atoms with Gasteiger partial charge < -0.3 is 10.2 Å². The van der Waals surface area contributed by atoms with Crippen molar-refractivity contribution in [2.75, 3.05) is 23.8 Å². The lowest BCUT2D eigenvalue weighted by atomic mass is 10.1. The first-order valence-corrected chi connectivity index (χ1v) is 8.56. The summed E-state index contributed by atoms with van der Waals surface area (Å²) in [6.45, 7) is 2.78. The average molecular weight is 346 g/mol. The first-order valence-electron chi connectivity index (χ1n) is 8.56. The molecule has 0 fully saturated rings. The smallest absolute Gasteiger partial charge is 0.255 e. The molecule has 0 bridgehead atoms. The molecule has 0 saturated carbocycles. The number of aromatic nitrogens is 2. The van der Waals surface area contributed by atoms with Crippen molar-refractivity contribution < 1.29 is 4.79 Å². The number of hydrogen-bond acceptors (Lipinski definition) is 4. The second-order valence-electron chi connectivity index (χ2n) is 6.20. The fourth-order valence-electron chi connectivity index (χ4n) is 2.67. The van der Waals surface area contributed by atoms with Crippen LogP contribution >= 0.6 is 0 Å². The van der Waals surface area contributed by atoms with Crippen molar-refractivity contribution in [2.45, 2.75) is 13.3 Å². The molecular weight excluding hydrogens is 324 g/mol. The quantitative estimate of drug-likeness (QED) is 0.739. The largest absolute Gasteiger partial charge is 0.359 e. The van der Waals surface area contributed by atoms with E-state index in [4.69, 9.17) is 0 Å². The van der Waals surface area contributed by atoms with Crippen LogP contribution in [0.4, 0.5) is 11.5 Å². The molecule has 0 radical (unpaired) electrons. The first kappa shape index (κ1) is 17.6. The van der Waals surface area contributed by atoms with Crippen LogP contribution in [0.2, 0.25) is 0 Å². The first-order chi connectivity index (χ1) is 12.6. The van der Waals surface area contributed by atoms with Crippen molar-refractivity contribution in [3.05, 3.63) is 83.8 Å². The zero-order chi connectivity index (χ0) is 18.4. The van der Waals surface area contributed by atoms with E-state index >= 15 is 0 Å². The van der Waals surface area contributed by atoms with Crippen LogP contribution in [0.15, 0.2) is 67.1 Å². The van der Waals surface area contributed by atoms with Crippen LogP contribution in [0.25, 0.3) is 0 Å². The van der Waals surface area contributed by atoms with Gasteiger partial charge in [0.05, 0.1) is 11.9 Å². The summed E-state index contributed by atoms with van der Waals surface area (Å²) in [6, 6.07) is 15.4. The zero-order valence-corrected chi connectivity index (χ0v) is 15.0. The molecule has 0 atom stereocenters. The molecule has 1 aromatic carbocycles. The minimum atomic E-state index is -0.122. The second kappa shape index (κ2) is 8.25. The SMILES string of the molecule is Cc1ccccc1C(=O)Nc1ccc(N(C)CCc2ccncc2)nc1. The van der Waals surface area contributed by atoms with Crippen molar-refractivity contribution in [2.24, 2.45) is 0 Å². The Morgan fingerprint density at radius 2 is 1.85 bits per heavy atom. The molecule has 0 aliphatic rings. The summed E-state index contributed by atoms with van der Waals surface area (Å²) in [5.74, 6) is 0.747. The van der Waals surface area contributed by atoms with E-state index in [0.29, 0.717) is 11.3 Å². The fourth-order valence-corrected chi connectivity index (χ4v) is 2.67. The predicted molar refractivity (Wildman–Crippen MR) is 105 cm³/mol. The molecule has 1 amide bonds. The van der Waals surface area contributed by atoms with Crippen LogP contribution < -0.4 is 10.2 Å². The third kappa shape index (κ3) is 4.45. The summed E-state index contributed by atoms with van der Waals surface area (Å²) in [4.78, 5) is 22.9. The summed E-state index contributed by atoms with van der Waals surface area (Å²) in [5, 5.41) is 2.90. The lowest BCUT2D eigenvalue weighted by Gasteiger charge is -2.18. The van der Waals surface area contributed by atoms with Crippen LogP contribution in [-0.2, 0) is 6.42 Å². The molecule has 26 heavy (non-hydrogen) atoms. The van der Waals surface area contributed by atoms with Crippen molar-refractivity contribution in [1.82, 2.24) is 9.97 Å². The maximum Gasteiger partial charge on any atom is 0.255 e. The second-order valence-corrected chi connectivity index (χ2v) is 6.20. The van der Waals surface area contributed by atoms with E-state index in [1.807, 2.05) is 62.5 Å². The van der Waals surface area contributed by atoms with Gasteiger partial charge in [-0.2, -0.15) is 0 Å². The summed E-state index contributed by atoms with van der Waals surface area (Å²) in [5.41, 5.74) is 3.55. The van der Waals surface area contributed by atoms with Crippen LogP contribution in [0.1, 0.15) is 21.5 Å². The molecule has 0 aliphatic carbocycles. The van der Waals surface area contributed by atoms with Gasteiger partial charge in [0, 0.05) is 31.5 Å². The highest BCUT2D eigenvalue weighted by atomic mass is 16.1.